The molecule has 2 amide bonds. The van der Waals surface area contributed by atoms with Crippen molar-refractivity contribution in [3.05, 3.63) is 29.8 Å². The summed E-state index contributed by atoms with van der Waals surface area (Å²) in [5.41, 5.74) is 1.99. The van der Waals surface area contributed by atoms with Crippen LogP contribution >= 0.6 is 0 Å². The summed E-state index contributed by atoms with van der Waals surface area (Å²) in [6.07, 6.45) is 2.15. The van der Waals surface area contributed by atoms with Crippen LogP contribution < -0.4 is 10.6 Å². The highest BCUT2D eigenvalue weighted by Gasteiger charge is 2.35. The smallest absolute Gasteiger partial charge is 0.319 e. The van der Waals surface area contributed by atoms with E-state index in [2.05, 4.69) is 37.5 Å². The molecule has 4 nitrogen and oxygen atoms in total. The van der Waals surface area contributed by atoms with Crippen LogP contribution in [0.15, 0.2) is 24.3 Å². The first-order chi connectivity index (χ1) is 9.44. The molecular formula is C16H25N3O. The average Bonchev–Trinajstić information content (AvgIpc) is 2.77. The Hall–Kier alpha value is -1.55. The van der Waals surface area contributed by atoms with Crippen LogP contribution in [0.4, 0.5) is 10.5 Å². The maximum atomic E-state index is 12.4. The number of hydrogen-bond donors (Lipinski definition) is 2. The van der Waals surface area contributed by atoms with E-state index >= 15 is 0 Å². The van der Waals surface area contributed by atoms with Gasteiger partial charge in [-0.1, -0.05) is 12.1 Å². The summed E-state index contributed by atoms with van der Waals surface area (Å²) < 4.78 is 0. The Morgan fingerprint density at radius 2 is 2.15 bits per heavy atom. The number of likely N-dealkylation sites (tertiary alicyclic amines) is 1. The first kappa shape index (κ1) is 14.9. The molecule has 1 heterocycles. The number of nitrogens with zero attached hydrogens (tertiary/aromatic N) is 1. The van der Waals surface area contributed by atoms with Crippen LogP contribution in [0.2, 0.25) is 0 Å². The summed E-state index contributed by atoms with van der Waals surface area (Å²) in [5, 5.41) is 6.22. The summed E-state index contributed by atoms with van der Waals surface area (Å²) in [5.74, 6) is 0. The fourth-order valence-corrected chi connectivity index (χ4v) is 2.73. The van der Waals surface area contributed by atoms with Crippen LogP contribution in [0.3, 0.4) is 0 Å². The van der Waals surface area contributed by atoms with Crippen molar-refractivity contribution in [1.82, 2.24) is 10.2 Å². The van der Waals surface area contributed by atoms with Gasteiger partial charge in [0.05, 0.1) is 0 Å². The van der Waals surface area contributed by atoms with E-state index < -0.39 is 0 Å². The van der Waals surface area contributed by atoms with Gasteiger partial charge >= 0.3 is 6.03 Å². The quantitative estimate of drug-likeness (QED) is 0.888. The molecule has 1 atom stereocenters. The molecule has 110 valence electrons. The second kappa shape index (κ2) is 5.83. The highest BCUT2D eigenvalue weighted by Crippen LogP contribution is 2.29. The van der Waals surface area contributed by atoms with Gasteiger partial charge in [0.25, 0.3) is 0 Å². The van der Waals surface area contributed by atoms with Crippen molar-refractivity contribution in [3.8, 4) is 0 Å². The summed E-state index contributed by atoms with van der Waals surface area (Å²) in [4.78, 5) is 14.3. The Labute approximate surface area is 121 Å². The monoisotopic (exact) mass is 275 g/mol. The Morgan fingerprint density at radius 3 is 2.75 bits per heavy atom. The van der Waals surface area contributed by atoms with Crippen molar-refractivity contribution in [1.29, 1.82) is 0 Å². The highest BCUT2D eigenvalue weighted by atomic mass is 16.2. The average molecular weight is 275 g/mol. The molecular weight excluding hydrogens is 250 g/mol. The minimum absolute atomic E-state index is 0.00163. The number of urea groups is 1. The molecule has 2 rings (SSSR count). The molecule has 0 bridgehead atoms. The molecule has 1 unspecified atom stereocenters. The van der Waals surface area contributed by atoms with E-state index in [1.165, 1.54) is 5.56 Å². The number of nitrogens with one attached hydrogen (secondary N) is 2. The SMILES string of the molecule is CNC(C)c1cccc(NC(=O)N2CCCC2(C)C)c1. The molecule has 20 heavy (non-hydrogen) atoms. The van der Waals surface area contributed by atoms with Crippen molar-refractivity contribution in [2.45, 2.75) is 45.2 Å². The van der Waals surface area contributed by atoms with Crippen LogP contribution in [0.1, 0.15) is 45.2 Å². The molecule has 0 aromatic heterocycles. The number of anilines is 1. The predicted octanol–water partition coefficient (Wildman–Crippen LogP) is 3.37. The number of hydrogen-bond acceptors (Lipinski definition) is 2. The van der Waals surface area contributed by atoms with E-state index in [1.807, 2.05) is 30.1 Å². The second-order valence-electron chi connectivity index (χ2n) is 6.13. The van der Waals surface area contributed by atoms with Crippen molar-refractivity contribution >= 4 is 11.7 Å². The van der Waals surface area contributed by atoms with Gasteiger partial charge in [0.15, 0.2) is 0 Å². The summed E-state index contributed by atoms with van der Waals surface area (Å²) in [6.45, 7) is 7.19. The van der Waals surface area contributed by atoms with Gasteiger partial charge in [0, 0.05) is 23.8 Å². The van der Waals surface area contributed by atoms with Gasteiger partial charge in [0.2, 0.25) is 0 Å². The lowest BCUT2D eigenvalue weighted by molar-refractivity contribution is 0.178. The normalized spacial score (nSPS) is 18.9. The molecule has 1 saturated heterocycles. The molecule has 1 aliphatic heterocycles. The molecule has 0 spiro atoms. The van der Waals surface area contributed by atoms with Gasteiger partial charge in [-0.2, -0.15) is 0 Å². The summed E-state index contributed by atoms with van der Waals surface area (Å²) in [6, 6.07) is 8.29. The highest BCUT2D eigenvalue weighted by molar-refractivity contribution is 5.90. The molecule has 0 aliphatic carbocycles. The summed E-state index contributed by atoms with van der Waals surface area (Å²) in [7, 11) is 1.93. The maximum Gasteiger partial charge on any atom is 0.322 e. The molecule has 1 fully saturated rings. The Morgan fingerprint density at radius 1 is 1.40 bits per heavy atom. The molecule has 1 aromatic carbocycles. The molecule has 2 N–H and O–H groups in total. The molecule has 1 aromatic rings. The van der Waals surface area contributed by atoms with Gasteiger partial charge in [0.1, 0.15) is 0 Å². The predicted molar refractivity (Wildman–Crippen MR) is 83.0 cm³/mol. The zero-order valence-electron chi connectivity index (χ0n) is 12.9. The van der Waals surface area contributed by atoms with Gasteiger partial charge in [-0.25, -0.2) is 4.79 Å². The zero-order valence-corrected chi connectivity index (χ0v) is 12.9. The number of amides is 2. The zero-order chi connectivity index (χ0) is 14.8. The fourth-order valence-electron chi connectivity index (χ4n) is 2.73. The van der Waals surface area contributed by atoms with E-state index in [0.29, 0.717) is 0 Å². The lowest BCUT2D eigenvalue weighted by Crippen LogP contribution is -2.44. The third kappa shape index (κ3) is 3.12. The van der Waals surface area contributed by atoms with E-state index in [4.69, 9.17) is 0 Å². The first-order valence-corrected chi connectivity index (χ1v) is 7.30. The largest absolute Gasteiger partial charge is 0.322 e. The third-order valence-corrected chi connectivity index (χ3v) is 4.22. The first-order valence-electron chi connectivity index (χ1n) is 7.30. The Balaban J connectivity index is 2.08. The van der Waals surface area contributed by atoms with Crippen molar-refractivity contribution in [2.75, 3.05) is 18.9 Å². The Bertz CT molecular complexity index is 484. The van der Waals surface area contributed by atoms with Crippen molar-refractivity contribution < 1.29 is 4.79 Å². The van der Waals surface area contributed by atoms with E-state index in [-0.39, 0.29) is 17.6 Å². The molecule has 0 saturated carbocycles. The van der Waals surface area contributed by atoms with Crippen LogP contribution in [0, 0.1) is 0 Å². The van der Waals surface area contributed by atoms with Gasteiger partial charge < -0.3 is 15.5 Å². The number of benzene rings is 1. The van der Waals surface area contributed by atoms with Crippen LogP contribution in [0.5, 0.6) is 0 Å². The van der Waals surface area contributed by atoms with E-state index in [0.717, 1.165) is 25.1 Å². The van der Waals surface area contributed by atoms with Gasteiger partial charge in [-0.3, -0.25) is 0 Å². The second-order valence-corrected chi connectivity index (χ2v) is 6.13. The van der Waals surface area contributed by atoms with Gasteiger partial charge in [-0.05, 0) is 58.4 Å². The Kier molecular flexibility index (Phi) is 4.33. The standard InChI is InChI=1S/C16H25N3O/c1-12(17-4)13-7-5-8-14(11-13)18-15(20)19-10-6-9-16(19,2)3/h5,7-8,11-12,17H,6,9-10H2,1-4H3,(H,18,20). The fraction of sp³-hybridized carbons (Fsp3) is 0.562. The molecule has 0 radical (unpaired) electrons. The van der Waals surface area contributed by atoms with Crippen LogP contribution in [0.25, 0.3) is 0 Å². The van der Waals surface area contributed by atoms with E-state index in [1.54, 1.807) is 0 Å². The molecule has 1 aliphatic rings. The molecule has 4 heteroatoms. The number of rotatable bonds is 3. The third-order valence-electron chi connectivity index (χ3n) is 4.22. The van der Waals surface area contributed by atoms with Crippen LogP contribution in [-0.4, -0.2) is 30.1 Å². The summed E-state index contributed by atoms with van der Waals surface area (Å²) >= 11 is 0. The van der Waals surface area contributed by atoms with Crippen LogP contribution in [-0.2, 0) is 0 Å². The number of carbonyl (C=O) groups is 1. The number of carbonyl (C=O) groups excluding carboxylic acids is 1. The lowest BCUT2D eigenvalue weighted by Gasteiger charge is -2.31. The van der Waals surface area contributed by atoms with E-state index in [9.17, 15) is 4.79 Å². The minimum atomic E-state index is -0.0417. The van der Waals surface area contributed by atoms with Gasteiger partial charge in [-0.15, -0.1) is 0 Å². The lowest BCUT2D eigenvalue weighted by atomic mass is 10.0. The maximum absolute atomic E-state index is 12.4. The van der Waals surface area contributed by atoms with Crippen molar-refractivity contribution in [2.24, 2.45) is 0 Å². The topological polar surface area (TPSA) is 44.4 Å². The van der Waals surface area contributed by atoms with Crippen molar-refractivity contribution in [3.63, 3.8) is 0 Å². The minimum Gasteiger partial charge on any atom is -0.319 e.